The first-order valence-corrected chi connectivity index (χ1v) is 7.07. The maximum Gasteiger partial charge on any atom is 0.335 e. The van der Waals surface area contributed by atoms with Crippen molar-refractivity contribution >= 4 is 17.6 Å². The highest BCUT2D eigenvalue weighted by Crippen LogP contribution is 2.17. The largest absolute Gasteiger partial charge is 0.478 e. The molecular formula is C15H20N2O4. The van der Waals surface area contributed by atoms with Gasteiger partial charge in [-0.1, -0.05) is 6.92 Å². The normalized spacial score (nSPS) is 21.2. The van der Waals surface area contributed by atoms with E-state index in [1.54, 1.807) is 12.1 Å². The van der Waals surface area contributed by atoms with E-state index in [9.17, 15) is 9.59 Å². The minimum absolute atomic E-state index is 0.0308. The number of carbonyl (C=O) groups excluding carboxylic acids is 1. The molecule has 1 saturated heterocycles. The number of ether oxygens (including phenoxy) is 1. The van der Waals surface area contributed by atoms with Crippen LogP contribution in [0.1, 0.15) is 23.7 Å². The fourth-order valence-corrected chi connectivity index (χ4v) is 2.27. The number of carboxylic acid groups (broad SMARTS) is 1. The van der Waals surface area contributed by atoms with Crippen molar-refractivity contribution in [2.45, 2.75) is 19.4 Å². The molecule has 0 saturated carbocycles. The van der Waals surface area contributed by atoms with Gasteiger partial charge in [0, 0.05) is 11.7 Å². The van der Waals surface area contributed by atoms with Gasteiger partial charge in [0.05, 0.1) is 24.7 Å². The van der Waals surface area contributed by atoms with E-state index in [0.29, 0.717) is 18.9 Å². The molecule has 2 atom stereocenters. The average molecular weight is 292 g/mol. The Hall–Kier alpha value is -1.92. The highest BCUT2D eigenvalue weighted by Gasteiger charge is 2.33. The zero-order valence-electron chi connectivity index (χ0n) is 12.0. The molecule has 21 heavy (non-hydrogen) atoms. The van der Waals surface area contributed by atoms with Crippen molar-refractivity contribution < 1.29 is 19.4 Å². The van der Waals surface area contributed by atoms with Gasteiger partial charge in [0.25, 0.3) is 0 Å². The van der Waals surface area contributed by atoms with Crippen LogP contribution in [-0.2, 0) is 9.53 Å². The third-order valence-corrected chi connectivity index (χ3v) is 3.47. The molecule has 6 nitrogen and oxygen atoms in total. The van der Waals surface area contributed by atoms with E-state index in [1.807, 2.05) is 0 Å². The van der Waals surface area contributed by atoms with E-state index in [2.05, 4.69) is 17.6 Å². The lowest BCUT2D eigenvalue weighted by atomic mass is 10.0. The van der Waals surface area contributed by atoms with Crippen molar-refractivity contribution in [3.05, 3.63) is 29.8 Å². The fourth-order valence-electron chi connectivity index (χ4n) is 2.27. The second-order valence-corrected chi connectivity index (χ2v) is 5.08. The van der Waals surface area contributed by atoms with Crippen molar-refractivity contribution in [3.63, 3.8) is 0 Å². The lowest BCUT2D eigenvalue weighted by molar-refractivity contribution is -0.120. The van der Waals surface area contributed by atoms with Crippen LogP contribution in [0.4, 0.5) is 5.69 Å². The summed E-state index contributed by atoms with van der Waals surface area (Å²) in [7, 11) is 0. The molecule has 0 spiro atoms. The van der Waals surface area contributed by atoms with Gasteiger partial charge in [0.1, 0.15) is 0 Å². The van der Waals surface area contributed by atoms with Crippen LogP contribution in [0.5, 0.6) is 0 Å². The Morgan fingerprint density at radius 3 is 2.62 bits per heavy atom. The van der Waals surface area contributed by atoms with Crippen LogP contribution in [0.15, 0.2) is 24.3 Å². The molecule has 0 radical (unpaired) electrons. The van der Waals surface area contributed by atoms with Gasteiger partial charge in [-0.15, -0.1) is 0 Å². The second kappa shape index (κ2) is 7.19. The summed E-state index contributed by atoms with van der Waals surface area (Å²) in [6, 6.07) is 6.14. The monoisotopic (exact) mass is 292 g/mol. The Balaban J connectivity index is 1.95. The van der Waals surface area contributed by atoms with E-state index >= 15 is 0 Å². The Morgan fingerprint density at radius 2 is 2.00 bits per heavy atom. The van der Waals surface area contributed by atoms with Gasteiger partial charge in [-0.3, -0.25) is 4.79 Å². The first-order valence-electron chi connectivity index (χ1n) is 7.07. The summed E-state index contributed by atoms with van der Waals surface area (Å²) in [5.41, 5.74) is 0.783. The molecule has 1 aromatic rings. The first-order chi connectivity index (χ1) is 10.1. The minimum atomic E-state index is -0.985. The summed E-state index contributed by atoms with van der Waals surface area (Å²) in [5.74, 6) is -1.32. The third kappa shape index (κ3) is 4.03. The number of amides is 1. The average Bonchev–Trinajstić information content (AvgIpc) is 2.94. The van der Waals surface area contributed by atoms with Crippen LogP contribution in [0.3, 0.4) is 0 Å². The standard InChI is InChI=1S/C15H20N2O4/c1-2-7-16-13-9-21-8-12(13)14(18)17-11-5-3-10(4-6-11)15(19)20/h3-6,12-13,16H,2,7-9H2,1H3,(H,17,18)(H,19,20). The van der Waals surface area contributed by atoms with Gasteiger partial charge in [0.15, 0.2) is 0 Å². The molecule has 1 aliphatic rings. The first kappa shape index (κ1) is 15.5. The zero-order valence-corrected chi connectivity index (χ0v) is 12.0. The summed E-state index contributed by atoms with van der Waals surface area (Å²) >= 11 is 0. The predicted octanol–water partition coefficient (Wildman–Crippen LogP) is 1.34. The molecule has 0 aliphatic carbocycles. The summed E-state index contributed by atoms with van der Waals surface area (Å²) in [6.07, 6.45) is 1.00. The Morgan fingerprint density at radius 1 is 1.29 bits per heavy atom. The Bertz CT molecular complexity index is 501. The lowest BCUT2D eigenvalue weighted by Crippen LogP contribution is -2.41. The number of hydrogen-bond donors (Lipinski definition) is 3. The molecule has 114 valence electrons. The molecule has 0 bridgehead atoms. The number of nitrogens with one attached hydrogen (secondary N) is 2. The highest BCUT2D eigenvalue weighted by molar-refractivity contribution is 5.94. The van der Waals surface area contributed by atoms with Crippen molar-refractivity contribution in [1.29, 1.82) is 0 Å². The summed E-state index contributed by atoms with van der Waals surface area (Å²) in [4.78, 5) is 23.0. The predicted molar refractivity (Wildman–Crippen MR) is 78.4 cm³/mol. The van der Waals surface area contributed by atoms with Crippen LogP contribution in [0, 0.1) is 5.92 Å². The minimum Gasteiger partial charge on any atom is -0.478 e. The molecule has 3 N–H and O–H groups in total. The van der Waals surface area contributed by atoms with E-state index in [-0.39, 0.29) is 23.4 Å². The van der Waals surface area contributed by atoms with Gasteiger partial charge in [-0.05, 0) is 37.2 Å². The molecule has 0 aromatic heterocycles. The zero-order chi connectivity index (χ0) is 15.2. The summed E-state index contributed by atoms with van der Waals surface area (Å²) in [5, 5.41) is 14.9. The van der Waals surface area contributed by atoms with Gasteiger partial charge >= 0.3 is 5.97 Å². The topological polar surface area (TPSA) is 87.7 Å². The summed E-state index contributed by atoms with van der Waals surface area (Å²) < 4.78 is 5.38. The van der Waals surface area contributed by atoms with Crippen LogP contribution in [0.2, 0.25) is 0 Å². The Labute approximate surface area is 123 Å². The van der Waals surface area contributed by atoms with Crippen LogP contribution >= 0.6 is 0 Å². The second-order valence-electron chi connectivity index (χ2n) is 5.08. The maximum absolute atomic E-state index is 12.3. The smallest absolute Gasteiger partial charge is 0.335 e. The van der Waals surface area contributed by atoms with Crippen LogP contribution < -0.4 is 10.6 Å². The van der Waals surface area contributed by atoms with Gasteiger partial charge < -0.3 is 20.5 Å². The number of rotatable bonds is 6. The number of carbonyl (C=O) groups is 2. The van der Waals surface area contributed by atoms with Gasteiger partial charge in [-0.25, -0.2) is 4.79 Å². The SMILES string of the molecule is CCCNC1COCC1C(=O)Nc1ccc(C(=O)O)cc1. The highest BCUT2D eigenvalue weighted by atomic mass is 16.5. The molecule has 1 fully saturated rings. The molecule has 6 heteroatoms. The van der Waals surface area contributed by atoms with Crippen molar-refractivity contribution in [3.8, 4) is 0 Å². The molecule has 1 aliphatic heterocycles. The maximum atomic E-state index is 12.3. The fraction of sp³-hybridized carbons (Fsp3) is 0.467. The number of aromatic carboxylic acids is 1. The van der Waals surface area contributed by atoms with Crippen LogP contribution in [0.25, 0.3) is 0 Å². The number of anilines is 1. The van der Waals surface area contributed by atoms with Gasteiger partial charge in [0.2, 0.25) is 5.91 Å². The molecule has 2 rings (SSSR count). The number of benzene rings is 1. The van der Waals surface area contributed by atoms with E-state index in [1.165, 1.54) is 12.1 Å². The van der Waals surface area contributed by atoms with Gasteiger partial charge in [-0.2, -0.15) is 0 Å². The molecule has 1 amide bonds. The molecule has 1 aromatic carbocycles. The van der Waals surface area contributed by atoms with Crippen molar-refractivity contribution in [1.82, 2.24) is 5.32 Å². The van der Waals surface area contributed by atoms with Crippen molar-refractivity contribution in [2.24, 2.45) is 5.92 Å². The third-order valence-electron chi connectivity index (χ3n) is 3.47. The number of hydrogen-bond acceptors (Lipinski definition) is 4. The van der Waals surface area contributed by atoms with E-state index < -0.39 is 5.97 Å². The number of carboxylic acids is 1. The summed E-state index contributed by atoms with van der Waals surface area (Å²) in [6.45, 7) is 3.86. The quantitative estimate of drug-likeness (QED) is 0.736. The van der Waals surface area contributed by atoms with Crippen LogP contribution in [-0.4, -0.2) is 42.8 Å². The molecule has 1 heterocycles. The Kier molecular flexibility index (Phi) is 5.30. The lowest BCUT2D eigenvalue weighted by Gasteiger charge is -2.18. The molecule has 2 unspecified atom stereocenters. The molecular weight excluding hydrogens is 272 g/mol. The van der Waals surface area contributed by atoms with Crippen molar-refractivity contribution in [2.75, 3.05) is 25.1 Å². The van der Waals surface area contributed by atoms with E-state index in [4.69, 9.17) is 9.84 Å². The van der Waals surface area contributed by atoms with E-state index in [0.717, 1.165) is 13.0 Å².